The Morgan fingerprint density at radius 1 is 1.03 bits per heavy atom. The van der Waals surface area contributed by atoms with E-state index >= 15 is 0 Å². The van der Waals surface area contributed by atoms with Gasteiger partial charge in [-0.25, -0.2) is 8.42 Å². The van der Waals surface area contributed by atoms with Crippen molar-refractivity contribution in [1.82, 2.24) is 0 Å². The summed E-state index contributed by atoms with van der Waals surface area (Å²) in [6, 6.07) is 12.3. The third-order valence-electron chi connectivity index (χ3n) is 8.40. The molecule has 0 bridgehead atoms. The van der Waals surface area contributed by atoms with Crippen LogP contribution in [0.4, 0.5) is 17.1 Å². The number of rotatable bonds is 8. The molecule has 2 saturated carbocycles. The van der Waals surface area contributed by atoms with E-state index in [1.807, 2.05) is 32.0 Å². The zero-order valence-corrected chi connectivity index (χ0v) is 22.7. The molecule has 0 unspecified atom stereocenters. The van der Waals surface area contributed by atoms with Crippen LogP contribution in [0.1, 0.15) is 75.6 Å². The number of nitrogens with zero attached hydrogens (tertiary/aromatic N) is 1. The number of hydrogen-bond donors (Lipinski definition) is 3. The maximum Gasteiger partial charge on any atom is 0.257 e. The standard InChI is InChI=1S/C29H39N3O4S/c1-28(2,20-33)31-22-10-11-25(26(19-22)32-16-14-29(12-13-29)15-17-32)27(34)30-21-6-5-9-24(18-21)37(35,36)23-7-3-4-8-23/h5-6,9-11,18-19,23,31,33H,3-4,7-8,12-17,20H2,1-2H3,(H,30,34). The highest BCUT2D eigenvalue weighted by molar-refractivity contribution is 7.92. The van der Waals surface area contributed by atoms with E-state index in [4.69, 9.17) is 0 Å². The van der Waals surface area contributed by atoms with Crippen LogP contribution < -0.4 is 15.5 Å². The van der Waals surface area contributed by atoms with Crippen LogP contribution in [0, 0.1) is 5.41 Å². The third-order valence-corrected chi connectivity index (χ3v) is 10.7. The first-order valence-corrected chi connectivity index (χ1v) is 15.1. The van der Waals surface area contributed by atoms with Crippen molar-refractivity contribution in [2.45, 2.75) is 80.9 Å². The Morgan fingerprint density at radius 3 is 2.38 bits per heavy atom. The number of carbonyl (C=O) groups excluding carboxylic acids is 1. The molecule has 2 aromatic rings. The average molecular weight is 526 g/mol. The first-order valence-electron chi connectivity index (χ1n) is 13.5. The predicted molar refractivity (Wildman–Crippen MR) is 148 cm³/mol. The lowest BCUT2D eigenvalue weighted by Gasteiger charge is -2.35. The van der Waals surface area contributed by atoms with Gasteiger partial charge in [-0.3, -0.25) is 4.79 Å². The number of anilines is 3. The fourth-order valence-corrected chi connectivity index (χ4v) is 7.63. The van der Waals surface area contributed by atoms with Gasteiger partial charge < -0.3 is 20.6 Å². The number of aliphatic hydroxyl groups is 1. The molecule has 1 aliphatic heterocycles. The van der Waals surface area contributed by atoms with E-state index in [0.717, 1.165) is 50.1 Å². The molecule has 7 nitrogen and oxygen atoms in total. The van der Waals surface area contributed by atoms with Gasteiger partial charge in [0.15, 0.2) is 9.84 Å². The molecule has 0 radical (unpaired) electrons. The van der Waals surface area contributed by atoms with Gasteiger partial charge in [0.1, 0.15) is 0 Å². The first kappa shape index (κ1) is 26.0. The summed E-state index contributed by atoms with van der Waals surface area (Å²) in [6.07, 6.45) is 8.17. The molecule has 1 heterocycles. The second-order valence-corrected chi connectivity index (χ2v) is 14.0. The van der Waals surface area contributed by atoms with E-state index in [1.54, 1.807) is 24.3 Å². The minimum absolute atomic E-state index is 0.0170. The smallest absolute Gasteiger partial charge is 0.257 e. The number of sulfone groups is 1. The zero-order chi connectivity index (χ0) is 26.3. The molecule has 2 aromatic carbocycles. The van der Waals surface area contributed by atoms with Gasteiger partial charge in [-0.2, -0.15) is 0 Å². The zero-order valence-electron chi connectivity index (χ0n) is 21.9. The second kappa shape index (κ2) is 9.95. The lowest BCUT2D eigenvalue weighted by molar-refractivity contribution is 0.102. The van der Waals surface area contributed by atoms with Crippen molar-refractivity contribution in [2.75, 3.05) is 35.2 Å². The number of hydrogen-bond acceptors (Lipinski definition) is 6. The monoisotopic (exact) mass is 525 g/mol. The Kier molecular flexibility index (Phi) is 7.00. The minimum Gasteiger partial charge on any atom is -0.394 e. The highest BCUT2D eigenvalue weighted by atomic mass is 32.2. The van der Waals surface area contributed by atoms with Crippen LogP contribution in [-0.4, -0.2) is 49.9 Å². The minimum atomic E-state index is -3.41. The predicted octanol–water partition coefficient (Wildman–Crippen LogP) is 5.22. The summed E-state index contributed by atoms with van der Waals surface area (Å²) in [5.74, 6) is -0.259. The van der Waals surface area contributed by atoms with Crippen molar-refractivity contribution >= 4 is 32.8 Å². The number of aliphatic hydroxyl groups excluding tert-OH is 1. The van der Waals surface area contributed by atoms with E-state index in [-0.39, 0.29) is 22.7 Å². The van der Waals surface area contributed by atoms with E-state index < -0.39 is 15.4 Å². The molecule has 1 saturated heterocycles. The molecular formula is C29H39N3O4S. The average Bonchev–Trinajstić information content (AvgIpc) is 3.38. The normalized spacial score (nSPS) is 19.7. The van der Waals surface area contributed by atoms with Gasteiger partial charge in [0.05, 0.1) is 33.5 Å². The summed E-state index contributed by atoms with van der Waals surface area (Å²) in [7, 11) is -3.41. The number of benzene rings is 2. The summed E-state index contributed by atoms with van der Waals surface area (Å²) >= 11 is 0. The molecule has 37 heavy (non-hydrogen) atoms. The Bertz CT molecular complexity index is 1250. The fourth-order valence-electron chi connectivity index (χ4n) is 5.73. The van der Waals surface area contributed by atoms with Crippen LogP contribution in [0.25, 0.3) is 0 Å². The van der Waals surface area contributed by atoms with Gasteiger partial charge >= 0.3 is 0 Å². The molecule has 1 amide bonds. The second-order valence-electron chi connectivity index (χ2n) is 11.8. The summed E-state index contributed by atoms with van der Waals surface area (Å²) < 4.78 is 26.2. The Morgan fingerprint density at radius 2 is 1.73 bits per heavy atom. The van der Waals surface area contributed by atoms with E-state index in [1.165, 1.54) is 12.8 Å². The molecule has 3 N–H and O–H groups in total. The van der Waals surface area contributed by atoms with E-state index in [2.05, 4.69) is 15.5 Å². The third kappa shape index (κ3) is 5.65. The number of carbonyl (C=O) groups is 1. The van der Waals surface area contributed by atoms with Crippen molar-refractivity contribution in [3.8, 4) is 0 Å². The van der Waals surface area contributed by atoms with E-state index in [0.29, 0.717) is 29.5 Å². The lowest BCUT2D eigenvalue weighted by atomic mass is 9.93. The number of amides is 1. The SMILES string of the molecule is CC(C)(CO)Nc1ccc(C(=O)Nc2cccc(S(=O)(=O)C3CCCC3)c2)c(N2CCC3(CC2)CC3)c1. The Hall–Kier alpha value is -2.58. The number of piperidine rings is 1. The maximum absolute atomic E-state index is 13.5. The van der Waals surface area contributed by atoms with Crippen LogP contribution in [0.2, 0.25) is 0 Å². The molecule has 8 heteroatoms. The van der Waals surface area contributed by atoms with Crippen LogP contribution >= 0.6 is 0 Å². The molecule has 200 valence electrons. The molecule has 0 aromatic heterocycles. The van der Waals surface area contributed by atoms with Crippen molar-refractivity contribution < 1.29 is 18.3 Å². The van der Waals surface area contributed by atoms with Crippen LogP contribution in [-0.2, 0) is 9.84 Å². The maximum atomic E-state index is 13.5. The largest absolute Gasteiger partial charge is 0.394 e. The van der Waals surface area contributed by atoms with E-state index in [9.17, 15) is 18.3 Å². The van der Waals surface area contributed by atoms with Gasteiger partial charge in [0.2, 0.25) is 0 Å². The van der Waals surface area contributed by atoms with Crippen molar-refractivity contribution in [2.24, 2.45) is 5.41 Å². The highest BCUT2D eigenvalue weighted by Crippen LogP contribution is 2.54. The summed E-state index contributed by atoms with van der Waals surface area (Å²) in [4.78, 5) is 16.1. The molecule has 1 spiro atoms. The molecule has 2 aliphatic carbocycles. The summed E-state index contributed by atoms with van der Waals surface area (Å²) in [5, 5.41) is 15.7. The fraction of sp³-hybridized carbons (Fsp3) is 0.552. The van der Waals surface area contributed by atoms with Gasteiger partial charge in [-0.1, -0.05) is 18.9 Å². The lowest BCUT2D eigenvalue weighted by Crippen LogP contribution is -2.37. The van der Waals surface area contributed by atoms with Crippen LogP contribution in [0.15, 0.2) is 47.4 Å². The van der Waals surface area contributed by atoms with Gasteiger partial charge in [0.25, 0.3) is 5.91 Å². The number of nitrogens with one attached hydrogen (secondary N) is 2. The molecule has 3 fully saturated rings. The van der Waals surface area contributed by atoms with Gasteiger partial charge in [-0.05, 0) is 94.2 Å². The molecule has 0 atom stereocenters. The molecular weight excluding hydrogens is 486 g/mol. The van der Waals surface area contributed by atoms with Gasteiger partial charge in [0, 0.05) is 24.5 Å². The summed E-state index contributed by atoms with van der Waals surface area (Å²) in [6.45, 7) is 5.65. The Balaban J connectivity index is 1.40. The van der Waals surface area contributed by atoms with Crippen molar-refractivity contribution in [3.63, 3.8) is 0 Å². The first-order chi connectivity index (χ1) is 17.6. The topological polar surface area (TPSA) is 98.7 Å². The van der Waals surface area contributed by atoms with Crippen LogP contribution in [0.5, 0.6) is 0 Å². The Labute approximate surface area is 220 Å². The van der Waals surface area contributed by atoms with Gasteiger partial charge in [-0.15, -0.1) is 0 Å². The molecule has 3 aliphatic rings. The van der Waals surface area contributed by atoms with Crippen molar-refractivity contribution in [3.05, 3.63) is 48.0 Å². The molecule has 5 rings (SSSR count). The summed E-state index contributed by atoms with van der Waals surface area (Å²) in [5.41, 5.74) is 2.77. The van der Waals surface area contributed by atoms with Crippen molar-refractivity contribution in [1.29, 1.82) is 0 Å². The highest BCUT2D eigenvalue weighted by Gasteiger charge is 2.44. The van der Waals surface area contributed by atoms with Crippen LogP contribution in [0.3, 0.4) is 0 Å². The quantitative estimate of drug-likeness (QED) is 0.437.